The Morgan fingerprint density at radius 3 is 2.65 bits per heavy atom. The van der Waals surface area contributed by atoms with Gasteiger partial charge in [-0.05, 0) is 50.6 Å². The van der Waals surface area contributed by atoms with Gasteiger partial charge in [-0.15, -0.1) is 0 Å². The molecule has 0 fully saturated rings. The average Bonchev–Trinajstić information content (AvgIpc) is 2.84. The van der Waals surface area contributed by atoms with Crippen LogP contribution >= 0.6 is 0 Å². The van der Waals surface area contributed by atoms with E-state index >= 15 is 0 Å². The highest BCUT2D eigenvalue weighted by Crippen LogP contribution is 2.19. The van der Waals surface area contributed by atoms with Crippen molar-refractivity contribution in [2.75, 3.05) is 11.4 Å². The zero-order valence-corrected chi connectivity index (χ0v) is 13.8. The minimum absolute atomic E-state index is 0.0735. The molecule has 0 atom stereocenters. The maximum atomic E-state index is 12.8. The van der Waals surface area contributed by atoms with Gasteiger partial charge in [-0.1, -0.05) is 24.3 Å². The van der Waals surface area contributed by atoms with Crippen molar-refractivity contribution in [1.82, 2.24) is 9.55 Å². The molecular formula is C19H21N3O. The Kier molecular flexibility index (Phi) is 4.15. The summed E-state index contributed by atoms with van der Waals surface area (Å²) in [4.78, 5) is 19.2. The number of carbonyl (C=O) groups is 1. The summed E-state index contributed by atoms with van der Waals surface area (Å²) in [6, 6.07) is 16.0. The standard InChI is InChI=1S/C19H21N3O/c1-4-21(16-9-7-8-14(2)12-16)19(23)13-22-15(3)20-17-10-5-6-11-18(17)22/h5-12H,4,13H2,1-3H3. The first-order valence-electron chi connectivity index (χ1n) is 7.89. The van der Waals surface area contributed by atoms with Gasteiger partial charge in [0.2, 0.25) is 5.91 Å². The molecule has 1 heterocycles. The number of para-hydroxylation sites is 2. The third-order valence-electron chi connectivity index (χ3n) is 4.07. The van der Waals surface area contributed by atoms with Gasteiger partial charge >= 0.3 is 0 Å². The highest BCUT2D eigenvalue weighted by molar-refractivity contribution is 5.94. The Hall–Kier alpha value is -2.62. The summed E-state index contributed by atoms with van der Waals surface area (Å²) in [6.07, 6.45) is 0. The second-order valence-electron chi connectivity index (χ2n) is 5.71. The van der Waals surface area contributed by atoms with Crippen molar-refractivity contribution < 1.29 is 4.79 Å². The van der Waals surface area contributed by atoms with E-state index in [4.69, 9.17) is 0 Å². The first-order chi connectivity index (χ1) is 11.1. The molecule has 1 amide bonds. The van der Waals surface area contributed by atoms with E-state index in [1.807, 2.05) is 78.8 Å². The van der Waals surface area contributed by atoms with E-state index in [1.165, 1.54) is 0 Å². The van der Waals surface area contributed by atoms with Crippen LogP contribution in [0.2, 0.25) is 0 Å². The lowest BCUT2D eigenvalue weighted by molar-refractivity contribution is -0.119. The van der Waals surface area contributed by atoms with Crippen LogP contribution in [0.3, 0.4) is 0 Å². The Balaban J connectivity index is 1.91. The highest BCUT2D eigenvalue weighted by atomic mass is 16.2. The molecule has 0 aliphatic rings. The van der Waals surface area contributed by atoms with E-state index in [0.29, 0.717) is 13.1 Å². The fraction of sp³-hybridized carbons (Fsp3) is 0.263. The van der Waals surface area contributed by atoms with Crippen molar-refractivity contribution in [3.63, 3.8) is 0 Å². The molecule has 23 heavy (non-hydrogen) atoms. The molecule has 0 N–H and O–H groups in total. The van der Waals surface area contributed by atoms with Gasteiger partial charge in [-0.25, -0.2) is 4.98 Å². The number of aryl methyl sites for hydroxylation is 2. The van der Waals surface area contributed by atoms with Gasteiger partial charge in [0, 0.05) is 12.2 Å². The van der Waals surface area contributed by atoms with Crippen LogP contribution in [0.25, 0.3) is 11.0 Å². The van der Waals surface area contributed by atoms with Crippen molar-refractivity contribution >= 4 is 22.6 Å². The number of benzene rings is 2. The highest BCUT2D eigenvalue weighted by Gasteiger charge is 2.17. The SMILES string of the molecule is CCN(C(=O)Cn1c(C)nc2ccccc21)c1cccc(C)c1. The molecule has 0 saturated heterocycles. The number of fused-ring (bicyclic) bond motifs is 1. The molecule has 4 heteroatoms. The van der Waals surface area contributed by atoms with Gasteiger partial charge in [0.1, 0.15) is 12.4 Å². The van der Waals surface area contributed by atoms with Crippen LogP contribution in [0.5, 0.6) is 0 Å². The number of amides is 1. The topological polar surface area (TPSA) is 38.1 Å². The molecule has 0 unspecified atom stereocenters. The largest absolute Gasteiger partial charge is 0.319 e. The summed E-state index contributed by atoms with van der Waals surface area (Å²) in [5, 5.41) is 0. The number of imidazole rings is 1. The Morgan fingerprint density at radius 1 is 1.13 bits per heavy atom. The fourth-order valence-electron chi connectivity index (χ4n) is 2.91. The number of rotatable bonds is 4. The van der Waals surface area contributed by atoms with Crippen LogP contribution in [-0.4, -0.2) is 22.0 Å². The number of nitrogens with zero attached hydrogens (tertiary/aromatic N) is 3. The summed E-state index contributed by atoms with van der Waals surface area (Å²) in [6.45, 7) is 6.92. The number of carbonyl (C=O) groups excluding carboxylic acids is 1. The van der Waals surface area contributed by atoms with E-state index in [1.54, 1.807) is 0 Å². The van der Waals surface area contributed by atoms with Gasteiger partial charge in [0.25, 0.3) is 0 Å². The summed E-state index contributed by atoms with van der Waals surface area (Å²) < 4.78 is 1.98. The van der Waals surface area contributed by atoms with E-state index in [0.717, 1.165) is 28.1 Å². The molecule has 0 aliphatic heterocycles. The van der Waals surface area contributed by atoms with Crippen molar-refractivity contribution in [1.29, 1.82) is 0 Å². The number of aromatic nitrogens is 2. The van der Waals surface area contributed by atoms with Gasteiger partial charge < -0.3 is 9.47 Å². The Bertz CT molecular complexity index is 851. The third kappa shape index (κ3) is 2.97. The fourth-order valence-corrected chi connectivity index (χ4v) is 2.91. The molecule has 0 radical (unpaired) electrons. The number of anilines is 1. The van der Waals surface area contributed by atoms with Gasteiger partial charge in [0.05, 0.1) is 11.0 Å². The quantitative estimate of drug-likeness (QED) is 0.737. The van der Waals surface area contributed by atoms with Crippen LogP contribution in [0, 0.1) is 13.8 Å². The second kappa shape index (κ2) is 6.24. The lowest BCUT2D eigenvalue weighted by atomic mass is 10.2. The van der Waals surface area contributed by atoms with Crippen LogP contribution in [0.1, 0.15) is 18.3 Å². The first-order valence-corrected chi connectivity index (χ1v) is 7.89. The number of likely N-dealkylation sites (N-methyl/N-ethyl adjacent to an activating group) is 1. The van der Waals surface area contributed by atoms with Gasteiger partial charge in [-0.2, -0.15) is 0 Å². The molecule has 1 aromatic heterocycles. The van der Waals surface area contributed by atoms with Crippen molar-refractivity contribution in [3.8, 4) is 0 Å². The minimum atomic E-state index is 0.0735. The summed E-state index contributed by atoms with van der Waals surface area (Å²) in [7, 11) is 0. The van der Waals surface area contributed by atoms with Crippen LogP contribution in [0.15, 0.2) is 48.5 Å². The first kappa shape index (κ1) is 15.3. The molecule has 3 aromatic rings. The summed E-state index contributed by atoms with van der Waals surface area (Å²) >= 11 is 0. The maximum Gasteiger partial charge on any atom is 0.246 e. The normalized spacial score (nSPS) is 10.9. The predicted molar refractivity (Wildman–Crippen MR) is 93.7 cm³/mol. The lowest BCUT2D eigenvalue weighted by Crippen LogP contribution is -2.33. The van der Waals surface area contributed by atoms with Gasteiger partial charge in [0.15, 0.2) is 0 Å². The molecule has 0 spiro atoms. The maximum absolute atomic E-state index is 12.8. The van der Waals surface area contributed by atoms with Crippen LogP contribution in [0.4, 0.5) is 5.69 Å². The lowest BCUT2D eigenvalue weighted by Gasteiger charge is -2.22. The van der Waals surface area contributed by atoms with Crippen LogP contribution in [-0.2, 0) is 11.3 Å². The smallest absolute Gasteiger partial charge is 0.246 e. The molecule has 4 nitrogen and oxygen atoms in total. The molecule has 118 valence electrons. The molecule has 0 saturated carbocycles. The Labute approximate surface area is 136 Å². The van der Waals surface area contributed by atoms with Crippen molar-refractivity contribution in [2.45, 2.75) is 27.3 Å². The predicted octanol–water partition coefficient (Wildman–Crippen LogP) is 3.71. The van der Waals surface area contributed by atoms with E-state index in [2.05, 4.69) is 4.98 Å². The Morgan fingerprint density at radius 2 is 1.91 bits per heavy atom. The van der Waals surface area contributed by atoms with Crippen molar-refractivity contribution in [3.05, 3.63) is 59.9 Å². The molecule has 3 rings (SSSR count). The zero-order chi connectivity index (χ0) is 16.4. The monoisotopic (exact) mass is 307 g/mol. The third-order valence-corrected chi connectivity index (χ3v) is 4.07. The minimum Gasteiger partial charge on any atom is -0.319 e. The molecule has 2 aromatic carbocycles. The number of hydrogen-bond acceptors (Lipinski definition) is 2. The second-order valence-corrected chi connectivity index (χ2v) is 5.71. The van der Waals surface area contributed by atoms with E-state index < -0.39 is 0 Å². The molecule has 0 bridgehead atoms. The van der Waals surface area contributed by atoms with Crippen LogP contribution < -0.4 is 4.90 Å². The summed E-state index contributed by atoms with van der Waals surface area (Å²) in [5.74, 6) is 0.934. The van der Waals surface area contributed by atoms with E-state index in [-0.39, 0.29) is 5.91 Å². The number of hydrogen-bond donors (Lipinski definition) is 0. The zero-order valence-electron chi connectivity index (χ0n) is 13.8. The van der Waals surface area contributed by atoms with Crippen molar-refractivity contribution in [2.24, 2.45) is 0 Å². The molecular weight excluding hydrogens is 286 g/mol. The average molecular weight is 307 g/mol. The van der Waals surface area contributed by atoms with E-state index in [9.17, 15) is 4.79 Å². The van der Waals surface area contributed by atoms with Gasteiger partial charge in [-0.3, -0.25) is 4.79 Å². The molecule has 0 aliphatic carbocycles. The summed E-state index contributed by atoms with van der Waals surface area (Å²) in [5.41, 5.74) is 4.02.